The Morgan fingerprint density at radius 2 is 2.15 bits per heavy atom. The summed E-state index contributed by atoms with van der Waals surface area (Å²) in [6.07, 6.45) is 4.47. The SMILES string of the molecule is CN1C=CN(CCCS(=O)(=O)Cl)C1. The minimum Gasteiger partial charge on any atom is -0.362 e. The molecule has 0 saturated heterocycles. The van der Waals surface area contributed by atoms with Crippen molar-refractivity contribution in [3.05, 3.63) is 12.4 Å². The summed E-state index contributed by atoms with van der Waals surface area (Å²) in [5, 5.41) is 0. The van der Waals surface area contributed by atoms with Gasteiger partial charge in [0.2, 0.25) is 9.05 Å². The third-order valence-electron chi connectivity index (χ3n) is 1.77. The standard InChI is InChI=1S/C7H13ClN2O2S/c1-9-4-5-10(7-9)3-2-6-13(8,11)12/h4-5H,2-3,6-7H2,1H3. The fraction of sp³-hybridized carbons (Fsp3) is 0.714. The van der Waals surface area contributed by atoms with Gasteiger partial charge in [0.1, 0.15) is 0 Å². The van der Waals surface area contributed by atoms with E-state index in [2.05, 4.69) is 0 Å². The molecule has 0 bridgehead atoms. The molecule has 0 aromatic carbocycles. The van der Waals surface area contributed by atoms with E-state index >= 15 is 0 Å². The molecule has 0 saturated carbocycles. The zero-order chi connectivity index (χ0) is 9.90. The van der Waals surface area contributed by atoms with Crippen LogP contribution in [0.1, 0.15) is 6.42 Å². The van der Waals surface area contributed by atoms with Crippen molar-refractivity contribution in [1.29, 1.82) is 0 Å². The van der Waals surface area contributed by atoms with Crippen LogP contribution in [0.4, 0.5) is 0 Å². The smallest absolute Gasteiger partial charge is 0.232 e. The highest BCUT2D eigenvalue weighted by molar-refractivity contribution is 8.13. The van der Waals surface area contributed by atoms with Gasteiger partial charge < -0.3 is 9.80 Å². The summed E-state index contributed by atoms with van der Waals surface area (Å²) in [5.41, 5.74) is 0. The van der Waals surface area contributed by atoms with Crippen LogP contribution in [0.5, 0.6) is 0 Å². The Balaban J connectivity index is 2.18. The van der Waals surface area contributed by atoms with Crippen molar-refractivity contribution >= 4 is 19.7 Å². The molecule has 13 heavy (non-hydrogen) atoms. The van der Waals surface area contributed by atoms with Gasteiger partial charge in [-0.15, -0.1) is 0 Å². The molecule has 0 unspecified atom stereocenters. The van der Waals surface area contributed by atoms with Gasteiger partial charge in [0.05, 0.1) is 12.4 Å². The maximum absolute atomic E-state index is 10.6. The Morgan fingerprint density at radius 1 is 1.46 bits per heavy atom. The Kier molecular flexibility index (Phi) is 3.44. The summed E-state index contributed by atoms with van der Waals surface area (Å²) in [4.78, 5) is 4.07. The molecule has 1 heterocycles. The molecule has 6 heteroatoms. The van der Waals surface area contributed by atoms with Crippen LogP contribution in [0.25, 0.3) is 0 Å². The first-order valence-electron chi connectivity index (χ1n) is 4.02. The van der Waals surface area contributed by atoms with Crippen LogP contribution in [-0.4, -0.2) is 44.2 Å². The van der Waals surface area contributed by atoms with Crippen LogP contribution in [0.2, 0.25) is 0 Å². The molecule has 0 N–H and O–H groups in total. The molecule has 0 aliphatic carbocycles. The second-order valence-electron chi connectivity index (χ2n) is 3.11. The first kappa shape index (κ1) is 10.7. The Morgan fingerprint density at radius 3 is 2.62 bits per heavy atom. The van der Waals surface area contributed by atoms with Gasteiger partial charge in [0.15, 0.2) is 0 Å². The predicted molar refractivity (Wildman–Crippen MR) is 52.7 cm³/mol. The van der Waals surface area contributed by atoms with E-state index in [1.54, 1.807) is 0 Å². The number of hydrogen-bond donors (Lipinski definition) is 0. The van der Waals surface area contributed by atoms with Gasteiger partial charge in [-0.25, -0.2) is 8.42 Å². The van der Waals surface area contributed by atoms with Crippen LogP contribution >= 0.6 is 10.7 Å². The number of nitrogens with zero attached hydrogens (tertiary/aromatic N) is 2. The Labute approximate surface area is 83.2 Å². The number of hydrogen-bond acceptors (Lipinski definition) is 4. The summed E-state index contributed by atoms with van der Waals surface area (Å²) in [6.45, 7) is 1.55. The minimum absolute atomic E-state index is 0.0443. The quantitative estimate of drug-likeness (QED) is 0.657. The largest absolute Gasteiger partial charge is 0.362 e. The molecule has 0 aromatic rings. The zero-order valence-corrected chi connectivity index (χ0v) is 9.05. The number of halogens is 1. The molecule has 1 aliphatic heterocycles. The molecule has 0 spiro atoms. The third kappa shape index (κ3) is 4.38. The van der Waals surface area contributed by atoms with E-state index in [1.807, 2.05) is 29.2 Å². The normalized spacial score (nSPS) is 17.1. The van der Waals surface area contributed by atoms with E-state index in [9.17, 15) is 8.42 Å². The van der Waals surface area contributed by atoms with Gasteiger partial charge in [-0.2, -0.15) is 0 Å². The molecule has 0 fully saturated rings. The van der Waals surface area contributed by atoms with Gasteiger partial charge in [0, 0.05) is 36.7 Å². The lowest BCUT2D eigenvalue weighted by atomic mass is 10.4. The van der Waals surface area contributed by atoms with Crippen molar-refractivity contribution in [3.8, 4) is 0 Å². The predicted octanol–water partition coefficient (Wildman–Crippen LogP) is 0.621. The molecular formula is C7H13ClN2O2S. The molecule has 1 rings (SSSR count). The summed E-state index contributed by atoms with van der Waals surface area (Å²) >= 11 is 0. The van der Waals surface area contributed by atoms with Crippen molar-refractivity contribution in [3.63, 3.8) is 0 Å². The molecule has 0 aromatic heterocycles. The topological polar surface area (TPSA) is 40.6 Å². The molecular weight excluding hydrogens is 212 g/mol. The first-order chi connectivity index (χ1) is 5.97. The van der Waals surface area contributed by atoms with E-state index in [4.69, 9.17) is 10.7 Å². The van der Waals surface area contributed by atoms with Crippen molar-refractivity contribution in [2.75, 3.05) is 26.0 Å². The zero-order valence-electron chi connectivity index (χ0n) is 7.48. The second kappa shape index (κ2) is 4.19. The van der Waals surface area contributed by atoms with Crippen LogP contribution in [0.3, 0.4) is 0 Å². The average molecular weight is 225 g/mol. The highest BCUT2D eigenvalue weighted by Gasteiger charge is 2.10. The lowest BCUT2D eigenvalue weighted by Gasteiger charge is -2.17. The van der Waals surface area contributed by atoms with E-state index in [1.165, 1.54) is 0 Å². The maximum Gasteiger partial charge on any atom is 0.232 e. The van der Waals surface area contributed by atoms with E-state index in [0.29, 0.717) is 6.42 Å². The van der Waals surface area contributed by atoms with Gasteiger partial charge in [-0.05, 0) is 6.42 Å². The van der Waals surface area contributed by atoms with E-state index < -0.39 is 9.05 Å². The second-order valence-corrected chi connectivity index (χ2v) is 6.00. The van der Waals surface area contributed by atoms with Crippen molar-refractivity contribution in [2.45, 2.75) is 6.42 Å². The average Bonchev–Trinajstić information content (AvgIpc) is 2.33. The molecule has 76 valence electrons. The molecule has 1 aliphatic rings. The van der Waals surface area contributed by atoms with Crippen molar-refractivity contribution in [1.82, 2.24) is 9.80 Å². The fourth-order valence-electron chi connectivity index (χ4n) is 1.17. The first-order valence-corrected chi connectivity index (χ1v) is 6.50. The van der Waals surface area contributed by atoms with Crippen LogP contribution in [0, 0.1) is 0 Å². The van der Waals surface area contributed by atoms with Gasteiger partial charge >= 0.3 is 0 Å². The van der Waals surface area contributed by atoms with Gasteiger partial charge in [-0.3, -0.25) is 0 Å². The Hall–Kier alpha value is -0.420. The summed E-state index contributed by atoms with van der Waals surface area (Å²) in [7, 11) is 3.72. The Bertz CT molecular complexity index is 289. The minimum atomic E-state index is -3.32. The molecule has 0 atom stereocenters. The highest BCUT2D eigenvalue weighted by Crippen LogP contribution is 2.06. The lowest BCUT2D eigenvalue weighted by molar-refractivity contribution is 0.297. The van der Waals surface area contributed by atoms with Crippen LogP contribution < -0.4 is 0 Å². The molecule has 0 radical (unpaired) electrons. The third-order valence-corrected chi connectivity index (χ3v) is 3.01. The lowest BCUT2D eigenvalue weighted by Crippen LogP contribution is -2.24. The highest BCUT2D eigenvalue weighted by atomic mass is 35.7. The van der Waals surface area contributed by atoms with E-state index in [0.717, 1.165) is 13.2 Å². The molecule has 4 nitrogen and oxygen atoms in total. The summed E-state index contributed by atoms with van der Waals surface area (Å²) < 4.78 is 21.2. The summed E-state index contributed by atoms with van der Waals surface area (Å²) in [6, 6.07) is 0. The summed E-state index contributed by atoms with van der Waals surface area (Å²) in [5.74, 6) is 0.0443. The van der Waals surface area contributed by atoms with Crippen LogP contribution in [0.15, 0.2) is 12.4 Å². The van der Waals surface area contributed by atoms with Crippen molar-refractivity contribution in [2.24, 2.45) is 0 Å². The fourth-order valence-corrected chi connectivity index (χ4v) is 1.98. The molecule has 0 amide bonds. The maximum atomic E-state index is 10.6. The monoisotopic (exact) mass is 224 g/mol. The van der Waals surface area contributed by atoms with Gasteiger partial charge in [0.25, 0.3) is 0 Å². The van der Waals surface area contributed by atoms with Gasteiger partial charge in [-0.1, -0.05) is 0 Å². The van der Waals surface area contributed by atoms with E-state index in [-0.39, 0.29) is 5.75 Å². The van der Waals surface area contributed by atoms with Crippen molar-refractivity contribution < 1.29 is 8.42 Å². The van der Waals surface area contributed by atoms with Crippen LogP contribution in [-0.2, 0) is 9.05 Å². The number of rotatable bonds is 4.